The first-order valence-corrected chi connectivity index (χ1v) is 9.32. The Kier molecular flexibility index (Phi) is 7.72. The van der Waals surface area contributed by atoms with Crippen LogP contribution in [0, 0.1) is 19.8 Å². The van der Waals surface area contributed by atoms with Gasteiger partial charge in [-0.1, -0.05) is 19.1 Å². The van der Waals surface area contributed by atoms with Crippen LogP contribution in [0.4, 0.5) is 0 Å². The minimum atomic E-state index is 0.0653. The molecule has 0 spiro atoms. The maximum atomic E-state index is 12.0. The number of likely N-dealkylation sites (N-methyl/N-ethyl adjacent to an activating group) is 1. The number of nitrogens with zero attached hydrogens (tertiary/aromatic N) is 2. The number of nitrogens with one attached hydrogen (secondary N) is 1. The third-order valence-corrected chi connectivity index (χ3v) is 4.96. The first-order chi connectivity index (χ1) is 12.0. The highest BCUT2D eigenvalue weighted by atomic mass is 16.5. The van der Waals surface area contributed by atoms with Gasteiger partial charge in [-0.3, -0.25) is 4.79 Å². The molecule has 0 aliphatic carbocycles. The van der Waals surface area contributed by atoms with Gasteiger partial charge in [0.1, 0.15) is 5.75 Å². The van der Waals surface area contributed by atoms with Crippen LogP contribution in [0.3, 0.4) is 0 Å². The minimum absolute atomic E-state index is 0.0653. The largest absolute Gasteiger partial charge is 0.493 e. The van der Waals surface area contributed by atoms with Crippen LogP contribution in [0.2, 0.25) is 0 Å². The number of hydrogen-bond donors (Lipinski definition) is 1. The van der Waals surface area contributed by atoms with Crippen molar-refractivity contribution in [3.8, 4) is 5.75 Å². The second kappa shape index (κ2) is 9.78. The molecule has 0 saturated carbocycles. The first kappa shape index (κ1) is 19.7. The smallest absolute Gasteiger partial charge is 0.223 e. The Morgan fingerprint density at radius 2 is 1.96 bits per heavy atom. The molecular formula is C20H33N3O2. The van der Waals surface area contributed by atoms with E-state index in [4.69, 9.17) is 4.74 Å². The van der Waals surface area contributed by atoms with Crippen LogP contribution in [0.1, 0.15) is 24.5 Å². The second-order valence-electron chi connectivity index (χ2n) is 7.31. The SMILES string of the molecule is Cc1cccc(OCCC(=O)NCC(C)CN2CCN(C)CC2)c1C. The van der Waals surface area contributed by atoms with Crippen molar-refractivity contribution >= 4 is 5.91 Å². The lowest BCUT2D eigenvalue weighted by Gasteiger charge is -2.33. The molecule has 1 aromatic rings. The zero-order chi connectivity index (χ0) is 18.2. The molecule has 1 aliphatic heterocycles. The zero-order valence-electron chi connectivity index (χ0n) is 16.2. The molecule has 0 aromatic heterocycles. The van der Waals surface area contributed by atoms with E-state index in [9.17, 15) is 4.79 Å². The van der Waals surface area contributed by atoms with Crippen molar-refractivity contribution in [1.82, 2.24) is 15.1 Å². The Hall–Kier alpha value is -1.59. The summed E-state index contributed by atoms with van der Waals surface area (Å²) in [5, 5.41) is 3.04. The molecule has 1 aromatic carbocycles. The topological polar surface area (TPSA) is 44.8 Å². The lowest BCUT2D eigenvalue weighted by Crippen LogP contribution is -2.46. The Morgan fingerprint density at radius 1 is 1.24 bits per heavy atom. The van der Waals surface area contributed by atoms with Gasteiger partial charge in [-0.2, -0.15) is 0 Å². The number of amides is 1. The van der Waals surface area contributed by atoms with Crippen LogP contribution >= 0.6 is 0 Å². The Bertz CT molecular complexity index is 554. The molecule has 1 saturated heterocycles. The summed E-state index contributed by atoms with van der Waals surface area (Å²) < 4.78 is 5.75. The van der Waals surface area contributed by atoms with Gasteiger partial charge in [0.25, 0.3) is 0 Å². The van der Waals surface area contributed by atoms with Crippen LogP contribution in [-0.4, -0.2) is 68.6 Å². The average Bonchev–Trinajstić information content (AvgIpc) is 2.59. The summed E-state index contributed by atoms with van der Waals surface area (Å²) in [5.41, 5.74) is 2.35. The average molecular weight is 348 g/mol. The van der Waals surface area contributed by atoms with Crippen molar-refractivity contribution in [3.63, 3.8) is 0 Å². The van der Waals surface area contributed by atoms with Gasteiger partial charge in [-0.15, -0.1) is 0 Å². The van der Waals surface area contributed by atoms with Gasteiger partial charge >= 0.3 is 0 Å². The summed E-state index contributed by atoms with van der Waals surface area (Å²) in [6.45, 7) is 13.0. The second-order valence-corrected chi connectivity index (χ2v) is 7.31. The van der Waals surface area contributed by atoms with E-state index in [1.54, 1.807) is 0 Å². The molecule has 1 atom stereocenters. The number of rotatable bonds is 8. The fourth-order valence-electron chi connectivity index (χ4n) is 3.05. The van der Waals surface area contributed by atoms with Crippen LogP contribution in [0.25, 0.3) is 0 Å². The lowest BCUT2D eigenvalue weighted by atomic mass is 10.1. The van der Waals surface area contributed by atoms with Crippen molar-refractivity contribution in [2.45, 2.75) is 27.2 Å². The van der Waals surface area contributed by atoms with Crippen LogP contribution in [0.15, 0.2) is 18.2 Å². The summed E-state index contributed by atoms with van der Waals surface area (Å²) in [6.07, 6.45) is 0.397. The number of piperazine rings is 1. The Balaban J connectivity index is 1.61. The number of ether oxygens (including phenoxy) is 1. The van der Waals surface area contributed by atoms with Crippen LogP contribution in [0.5, 0.6) is 5.75 Å². The van der Waals surface area contributed by atoms with E-state index < -0.39 is 0 Å². The van der Waals surface area contributed by atoms with E-state index >= 15 is 0 Å². The highest BCUT2D eigenvalue weighted by Gasteiger charge is 2.16. The summed E-state index contributed by atoms with van der Waals surface area (Å²) in [6, 6.07) is 6.01. The third kappa shape index (κ3) is 6.67. The fourth-order valence-corrected chi connectivity index (χ4v) is 3.05. The van der Waals surface area contributed by atoms with E-state index in [1.165, 1.54) is 5.56 Å². The molecular weight excluding hydrogens is 314 g/mol. The highest BCUT2D eigenvalue weighted by molar-refractivity contribution is 5.75. The van der Waals surface area contributed by atoms with Gasteiger partial charge < -0.3 is 19.9 Å². The van der Waals surface area contributed by atoms with Crippen molar-refractivity contribution < 1.29 is 9.53 Å². The molecule has 1 unspecified atom stereocenters. The van der Waals surface area contributed by atoms with Crippen molar-refractivity contribution in [2.24, 2.45) is 5.92 Å². The fraction of sp³-hybridized carbons (Fsp3) is 0.650. The molecule has 1 amide bonds. The van der Waals surface area contributed by atoms with Gasteiger partial charge in [0.15, 0.2) is 0 Å². The van der Waals surface area contributed by atoms with Gasteiger partial charge in [0, 0.05) is 39.3 Å². The van der Waals surface area contributed by atoms with Crippen molar-refractivity contribution in [1.29, 1.82) is 0 Å². The van der Waals surface area contributed by atoms with E-state index in [0.717, 1.165) is 50.6 Å². The van der Waals surface area contributed by atoms with Gasteiger partial charge in [-0.05, 0) is 44.0 Å². The molecule has 0 bridgehead atoms. The van der Waals surface area contributed by atoms with E-state index in [-0.39, 0.29) is 5.91 Å². The van der Waals surface area contributed by atoms with Gasteiger partial charge in [0.2, 0.25) is 5.91 Å². The molecule has 1 aliphatic rings. The quantitative estimate of drug-likeness (QED) is 0.782. The third-order valence-electron chi connectivity index (χ3n) is 4.96. The summed E-state index contributed by atoms with van der Waals surface area (Å²) in [4.78, 5) is 16.9. The van der Waals surface area contributed by atoms with Gasteiger partial charge in [-0.25, -0.2) is 0 Å². The first-order valence-electron chi connectivity index (χ1n) is 9.32. The molecule has 0 radical (unpaired) electrons. The van der Waals surface area contributed by atoms with E-state index in [2.05, 4.69) is 42.1 Å². The zero-order valence-corrected chi connectivity index (χ0v) is 16.2. The summed E-state index contributed by atoms with van der Waals surface area (Å²) in [5.74, 6) is 1.40. The Morgan fingerprint density at radius 3 is 2.68 bits per heavy atom. The number of carbonyl (C=O) groups is 1. The van der Waals surface area contributed by atoms with Crippen molar-refractivity contribution in [2.75, 3.05) is 52.9 Å². The molecule has 140 valence electrons. The Labute approximate surface area is 152 Å². The molecule has 25 heavy (non-hydrogen) atoms. The number of carbonyl (C=O) groups excluding carboxylic acids is 1. The standard InChI is InChI=1S/C20H33N3O2/c1-16(15-23-11-9-22(4)10-12-23)14-21-20(24)8-13-25-19-7-5-6-17(2)18(19)3/h5-7,16H,8-15H2,1-4H3,(H,21,24). The normalized spacial score (nSPS) is 17.3. The minimum Gasteiger partial charge on any atom is -0.493 e. The molecule has 1 N–H and O–H groups in total. The van der Waals surface area contributed by atoms with Crippen molar-refractivity contribution in [3.05, 3.63) is 29.3 Å². The maximum Gasteiger partial charge on any atom is 0.223 e. The number of aryl methyl sites for hydroxylation is 1. The highest BCUT2D eigenvalue weighted by Crippen LogP contribution is 2.20. The van der Waals surface area contributed by atoms with Gasteiger partial charge in [0.05, 0.1) is 13.0 Å². The number of benzene rings is 1. The predicted molar refractivity (Wildman–Crippen MR) is 102 cm³/mol. The molecule has 1 heterocycles. The maximum absolute atomic E-state index is 12.0. The monoisotopic (exact) mass is 347 g/mol. The predicted octanol–water partition coefficient (Wildman–Crippen LogP) is 2.07. The van der Waals surface area contributed by atoms with Crippen LogP contribution in [-0.2, 0) is 4.79 Å². The van der Waals surface area contributed by atoms with E-state index in [1.807, 2.05) is 19.1 Å². The number of hydrogen-bond acceptors (Lipinski definition) is 4. The summed E-state index contributed by atoms with van der Waals surface area (Å²) >= 11 is 0. The molecule has 5 nitrogen and oxygen atoms in total. The molecule has 5 heteroatoms. The van der Waals surface area contributed by atoms with E-state index in [0.29, 0.717) is 18.9 Å². The van der Waals surface area contributed by atoms with Crippen LogP contribution < -0.4 is 10.1 Å². The summed E-state index contributed by atoms with van der Waals surface area (Å²) in [7, 11) is 2.17. The lowest BCUT2D eigenvalue weighted by molar-refractivity contribution is -0.121. The molecule has 1 fully saturated rings. The molecule has 2 rings (SSSR count).